The van der Waals surface area contributed by atoms with Crippen LogP contribution in [0.15, 0.2) is 0 Å². The highest BCUT2D eigenvalue weighted by atomic mass is 35.5. The molecule has 0 aliphatic rings. The molecule has 0 spiro atoms. The summed E-state index contributed by atoms with van der Waals surface area (Å²) >= 11 is 5.44. The van der Waals surface area contributed by atoms with Gasteiger partial charge in [0.15, 0.2) is 0 Å². The molecule has 0 aromatic rings. The number of ketones is 1. The van der Waals surface area contributed by atoms with E-state index in [0.717, 1.165) is 6.42 Å². The van der Waals surface area contributed by atoms with Gasteiger partial charge < -0.3 is 0 Å². The minimum Gasteiger partial charge on any atom is -0.298 e. The number of alkyl halides is 1. The Morgan fingerprint density at radius 3 is 2.50 bits per heavy atom. The zero-order valence-corrected chi connectivity index (χ0v) is 8.86. The topological polar surface area (TPSA) is 17.1 Å². The molecule has 12 heavy (non-hydrogen) atoms. The fourth-order valence-corrected chi connectivity index (χ4v) is 1.43. The minimum atomic E-state index is 0.183. The fourth-order valence-electron chi connectivity index (χ4n) is 1.32. The second-order valence-corrected chi connectivity index (χ2v) is 3.56. The van der Waals surface area contributed by atoms with Crippen molar-refractivity contribution >= 4 is 17.4 Å². The maximum absolute atomic E-state index is 11.0. The summed E-state index contributed by atoms with van der Waals surface area (Å²) < 4.78 is 0. The van der Waals surface area contributed by atoms with Gasteiger partial charge in [-0.2, -0.15) is 0 Å². The summed E-state index contributed by atoms with van der Waals surface area (Å²) in [6.45, 7) is 4.32. The van der Waals surface area contributed by atoms with E-state index in [1.807, 2.05) is 0 Å². The van der Waals surface area contributed by atoms with Gasteiger partial charge in [0.2, 0.25) is 0 Å². The van der Waals surface area contributed by atoms with Crippen molar-refractivity contribution in [3.8, 4) is 0 Å². The van der Waals surface area contributed by atoms with Gasteiger partial charge in [-0.15, -0.1) is 11.6 Å². The number of carbonyl (C=O) groups excluding carboxylic acids is 1. The summed E-state index contributed by atoms with van der Waals surface area (Å²) in [5.41, 5.74) is 0. The summed E-state index contributed by atoms with van der Waals surface area (Å²) in [4.78, 5) is 11.0. The van der Waals surface area contributed by atoms with Crippen LogP contribution in [0.4, 0.5) is 0 Å². The van der Waals surface area contributed by atoms with Crippen LogP contribution in [-0.2, 0) is 4.79 Å². The Hall–Kier alpha value is -0.0400. The van der Waals surface area contributed by atoms with Crippen molar-refractivity contribution in [1.29, 1.82) is 0 Å². The molecule has 0 aromatic heterocycles. The van der Waals surface area contributed by atoms with Crippen LogP contribution in [0.1, 0.15) is 46.0 Å². The first-order valence-electron chi connectivity index (χ1n) is 4.82. The smallest absolute Gasteiger partial charge is 0.147 e. The van der Waals surface area contributed by atoms with Gasteiger partial charge in [0.25, 0.3) is 0 Å². The van der Waals surface area contributed by atoms with E-state index in [1.54, 1.807) is 0 Å². The Balaban J connectivity index is 3.59. The third-order valence-corrected chi connectivity index (χ3v) is 2.51. The van der Waals surface area contributed by atoms with E-state index in [1.165, 1.54) is 19.3 Å². The predicted molar refractivity (Wildman–Crippen MR) is 53.7 cm³/mol. The van der Waals surface area contributed by atoms with Crippen LogP contribution in [0.2, 0.25) is 0 Å². The number of halogens is 1. The van der Waals surface area contributed by atoms with Crippen LogP contribution in [0, 0.1) is 5.92 Å². The van der Waals surface area contributed by atoms with Crippen molar-refractivity contribution in [3.63, 3.8) is 0 Å². The molecule has 0 aliphatic heterocycles. The SMILES string of the molecule is CCCC[C@H](CC)CC(=O)CCl. The highest BCUT2D eigenvalue weighted by Crippen LogP contribution is 2.16. The molecule has 0 rings (SSSR count). The molecule has 2 heteroatoms. The van der Waals surface area contributed by atoms with Crippen molar-refractivity contribution in [2.75, 3.05) is 5.88 Å². The molecule has 0 amide bonds. The molecular formula is C10H19ClO. The van der Waals surface area contributed by atoms with Crippen LogP contribution in [0.25, 0.3) is 0 Å². The molecule has 0 N–H and O–H groups in total. The molecule has 0 aromatic carbocycles. The van der Waals surface area contributed by atoms with Crippen molar-refractivity contribution in [2.45, 2.75) is 46.0 Å². The number of rotatable bonds is 7. The highest BCUT2D eigenvalue weighted by molar-refractivity contribution is 6.27. The van der Waals surface area contributed by atoms with Crippen molar-refractivity contribution < 1.29 is 4.79 Å². The van der Waals surface area contributed by atoms with Crippen LogP contribution in [0.3, 0.4) is 0 Å². The Morgan fingerprint density at radius 1 is 1.42 bits per heavy atom. The van der Waals surface area contributed by atoms with Crippen molar-refractivity contribution in [1.82, 2.24) is 0 Å². The lowest BCUT2D eigenvalue weighted by Gasteiger charge is -2.11. The molecule has 1 nitrogen and oxygen atoms in total. The summed E-state index contributed by atoms with van der Waals surface area (Å²) in [6, 6.07) is 0. The molecule has 0 fully saturated rings. The van der Waals surface area contributed by atoms with Crippen LogP contribution in [0.5, 0.6) is 0 Å². The van der Waals surface area contributed by atoms with E-state index in [2.05, 4.69) is 13.8 Å². The third-order valence-electron chi connectivity index (χ3n) is 2.21. The molecule has 1 atom stereocenters. The second-order valence-electron chi connectivity index (χ2n) is 3.29. The van der Waals surface area contributed by atoms with E-state index in [9.17, 15) is 4.79 Å². The Morgan fingerprint density at radius 2 is 2.08 bits per heavy atom. The summed E-state index contributed by atoms with van der Waals surface area (Å²) in [6.07, 6.45) is 5.40. The van der Waals surface area contributed by atoms with Gasteiger partial charge in [-0.25, -0.2) is 0 Å². The lowest BCUT2D eigenvalue weighted by molar-refractivity contribution is -0.117. The molecule has 0 saturated heterocycles. The van der Waals surface area contributed by atoms with Crippen LogP contribution >= 0.6 is 11.6 Å². The van der Waals surface area contributed by atoms with Gasteiger partial charge in [-0.1, -0.05) is 39.5 Å². The Kier molecular flexibility index (Phi) is 7.58. The lowest BCUT2D eigenvalue weighted by atomic mass is 9.94. The number of Topliss-reactive ketones (excluding diaryl/α,β-unsaturated/α-hetero) is 1. The molecule has 0 unspecified atom stereocenters. The molecule has 72 valence electrons. The molecule has 0 bridgehead atoms. The van der Waals surface area contributed by atoms with Crippen molar-refractivity contribution in [3.05, 3.63) is 0 Å². The molecule has 0 saturated carbocycles. The standard InChI is InChI=1S/C10H19ClO/c1-3-5-6-9(4-2)7-10(12)8-11/h9H,3-8H2,1-2H3/t9-/m0/s1. The third kappa shape index (κ3) is 5.59. The summed E-state index contributed by atoms with van der Waals surface area (Å²) in [5, 5.41) is 0. The lowest BCUT2D eigenvalue weighted by Crippen LogP contribution is -2.08. The average molecular weight is 191 g/mol. The highest BCUT2D eigenvalue weighted by Gasteiger charge is 2.10. The summed E-state index contributed by atoms with van der Waals surface area (Å²) in [5.74, 6) is 0.943. The Labute approximate surface area is 80.5 Å². The van der Waals surface area contributed by atoms with E-state index >= 15 is 0 Å². The monoisotopic (exact) mass is 190 g/mol. The van der Waals surface area contributed by atoms with Crippen LogP contribution < -0.4 is 0 Å². The number of carbonyl (C=O) groups is 1. The number of unbranched alkanes of at least 4 members (excludes halogenated alkanes) is 1. The number of hydrogen-bond acceptors (Lipinski definition) is 1. The van der Waals surface area contributed by atoms with E-state index in [4.69, 9.17) is 11.6 Å². The fraction of sp³-hybridized carbons (Fsp3) is 0.900. The molecule has 0 radical (unpaired) electrons. The zero-order valence-electron chi connectivity index (χ0n) is 8.11. The van der Waals surface area contributed by atoms with E-state index in [0.29, 0.717) is 12.3 Å². The zero-order chi connectivity index (χ0) is 9.40. The normalized spacial score (nSPS) is 12.9. The van der Waals surface area contributed by atoms with Gasteiger partial charge >= 0.3 is 0 Å². The largest absolute Gasteiger partial charge is 0.298 e. The van der Waals surface area contributed by atoms with Crippen LogP contribution in [-0.4, -0.2) is 11.7 Å². The maximum Gasteiger partial charge on any atom is 0.147 e. The molecule has 0 aliphatic carbocycles. The number of hydrogen-bond donors (Lipinski definition) is 0. The van der Waals surface area contributed by atoms with Gasteiger partial charge in [-0.05, 0) is 5.92 Å². The maximum atomic E-state index is 11.0. The molecule has 0 heterocycles. The van der Waals surface area contributed by atoms with Gasteiger partial charge in [-0.3, -0.25) is 4.79 Å². The van der Waals surface area contributed by atoms with Gasteiger partial charge in [0, 0.05) is 6.42 Å². The van der Waals surface area contributed by atoms with E-state index in [-0.39, 0.29) is 11.7 Å². The van der Waals surface area contributed by atoms with Crippen molar-refractivity contribution in [2.24, 2.45) is 5.92 Å². The Bertz CT molecular complexity index is 123. The quantitative estimate of drug-likeness (QED) is 0.563. The first kappa shape index (κ1) is 12.0. The average Bonchev–Trinajstić information content (AvgIpc) is 2.11. The second kappa shape index (κ2) is 7.60. The predicted octanol–water partition coefficient (Wildman–Crippen LogP) is 3.40. The summed E-state index contributed by atoms with van der Waals surface area (Å²) in [7, 11) is 0. The van der Waals surface area contributed by atoms with E-state index < -0.39 is 0 Å². The molecular weight excluding hydrogens is 172 g/mol. The first-order valence-corrected chi connectivity index (χ1v) is 5.35. The minimum absolute atomic E-state index is 0.183. The van der Waals surface area contributed by atoms with Gasteiger partial charge in [0.05, 0.1) is 5.88 Å². The van der Waals surface area contributed by atoms with Gasteiger partial charge in [0.1, 0.15) is 5.78 Å². The first-order chi connectivity index (χ1) is 5.74.